The zero-order chi connectivity index (χ0) is 13.1. The predicted molar refractivity (Wildman–Crippen MR) is 73.1 cm³/mol. The number of rotatable bonds is 3. The highest BCUT2D eigenvalue weighted by atomic mass is 15.2. The Labute approximate surface area is 110 Å². The monoisotopic (exact) mass is 248 g/mol. The average Bonchev–Trinajstić information content (AvgIpc) is 2.37. The number of likely N-dealkylation sites (tertiary alicyclic amines) is 1. The zero-order valence-corrected chi connectivity index (χ0v) is 11.6. The molecule has 0 aliphatic carbocycles. The van der Waals surface area contributed by atoms with Crippen molar-refractivity contribution in [3.8, 4) is 0 Å². The Kier molecular flexibility index (Phi) is 4.30. The van der Waals surface area contributed by atoms with Crippen molar-refractivity contribution in [1.82, 2.24) is 14.9 Å². The Bertz CT molecular complexity index is 391. The topological polar surface area (TPSA) is 55.0 Å². The molecule has 1 aromatic heterocycles. The normalized spacial score (nSPS) is 25.6. The van der Waals surface area contributed by atoms with Gasteiger partial charge in [0.15, 0.2) is 0 Å². The Balaban J connectivity index is 2.33. The van der Waals surface area contributed by atoms with Gasteiger partial charge in [0, 0.05) is 12.2 Å². The van der Waals surface area contributed by atoms with Crippen LogP contribution in [0.4, 0.5) is 0 Å². The lowest BCUT2D eigenvalue weighted by Gasteiger charge is -2.43. The van der Waals surface area contributed by atoms with Gasteiger partial charge in [-0.2, -0.15) is 0 Å². The molecule has 2 atom stereocenters. The second-order valence-electron chi connectivity index (χ2n) is 5.44. The van der Waals surface area contributed by atoms with E-state index in [9.17, 15) is 0 Å². The molecule has 2 rings (SSSR count). The number of aromatic nitrogens is 2. The van der Waals surface area contributed by atoms with E-state index in [4.69, 9.17) is 5.73 Å². The molecule has 4 nitrogen and oxygen atoms in total. The minimum atomic E-state index is 0.352. The van der Waals surface area contributed by atoms with Crippen molar-refractivity contribution in [3.05, 3.63) is 23.8 Å². The summed E-state index contributed by atoms with van der Waals surface area (Å²) in [5.74, 6) is 1.35. The third kappa shape index (κ3) is 2.70. The van der Waals surface area contributed by atoms with E-state index in [2.05, 4.69) is 28.7 Å². The fraction of sp³-hybridized carbons (Fsp3) is 0.714. The SMILES string of the molecule is Cc1nccc(C2C(CN)CCCN2C(C)C)n1. The molecule has 0 aromatic carbocycles. The Hall–Kier alpha value is -1.00. The van der Waals surface area contributed by atoms with Crippen molar-refractivity contribution in [2.24, 2.45) is 11.7 Å². The van der Waals surface area contributed by atoms with Crippen LogP contribution in [0.25, 0.3) is 0 Å². The summed E-state index contributed by atoms with van der Waals surface area (Å²) in [6.07, 6.45) is 4.30. The lowest BCUT2D eigenvalue weighted by atomic mass is 9.86. The standard InChI is InChI=1S/C14H24N4/c1-10(2)18-8-4-5-12(9-15)14(18)13-6-7-16-11(3)17-13/h6-7,10,12,14H,4-5,8-9,15H2,1-3H3. The maximum atomic E-state index is 5.96. The molecule has 2 heterocycles. The van der Waals surface area contributed by atoms with E-state index >= 15 is 0 Å². The highest BCUT2D eigenvalue weighted by Crippen LogP contribution is 2.35. The molecule has 0 amide bonds. The molecule has 18 heavy (non-hydrogen) atoms. The second kappa shape index (κ2) is 5.76. The van der Waals surface area contributed by atoms with Gasteiger partial charge in [-0.3, -0.25) is 4.90 Å². The van der Waals surface area contributed by atoms with E-state index in [-0.39, 0.29) is 0 Å². The van der Waals surface area contributed by atoms with E-state index in [1.165, 1.54) is 12.8 Å². The number of piperidine rings is 1. The highest BCUT2D eigenvalue weighted by molar-refractivity contribution is 5.11. The van der Waals surface area contributed by atoms with E-state index in [1.54, 1.807) is 0 Å². The van der Waals surface area contributed by atoms with Crippen LogP contribution in [0.15, 0.2) is 12.3 Å². The van der Waals surface area contributed by atoms with Crippen LogP contribution in [0, 0.1) is 12.8 Å². The first-order valence-corrected chi connectivity index (χ1v) is 6.89. The van der Waals surface area contributed by atoms with E-state index < -0.39 is 0 Å². The maximum Gasteiger partial charge on any atom is 0.125 e. The van der Waals surface area contributed by atoms with Gasteiger partial charge in [0.05, 0.1) is 11.7 Å². The Morgan fingerprint density at radius 2 is 2.28 bits per heavy atom. The fourth-order valence-corrected chi connectivity index (χ4v) is 2.98. The summed E-state index contributed by atoms with van der Waals surface area (Å²) in [5.41, 5.74) is 7.09. The first-order valence-electron chi connectivity index (χ1n) is 6.89. The molecule has 4 heteroatoms. The molecule has 100 valence electrons. The van der Waals surface area contributed by atoms with Gasteiger partial charge in [-0.1, -0.05) is 0 Å². The number of nitrogens with two attached hydrogens (primary N) is 1. The fourth-order valence-electron chi connectivity index (χ4n) is 2.98. The van der Waals surface area contributed by atoms with Crippen molar-refractivity contribution in [2.75, 3.05) is 13.1 Å². The van der Waals surface area contributed by atoms with Crippen molar-refractivity contribution >= 4 is 0 Å². The Morgan fingerprint density at radius 3 is 2.89 bits per heavy atom. The highest BCUT2D eigenvalue weighted by Gasteiger charge is 2.34. The second-order valence-corrected chi connectivity index (χ2v) is 5.44. The third-order valence-corrected chi connectivity index (χ3v) is 3.86. The Morgan fingerprint density at radius 1 is 1.50 bits per heavy atom. The van der Waals surface area contributed by atoms with Crippen LogP contribution in [0.3, 0.4) is 0 Å². The molecule has 1 aromatic rings. The van der Waals surface area contributed by atoms with Gasteiger partial charge in [0.25, 0.3) is 0 Å². The summed E-state index contributed by atoms with van der Waals surface area (Å²) in [6.45, 7) is 8.32. The van der Waals surface area contributed by atoms with Crippen LogP contribution >= 0.6 is 0 Å². The van der Waals surface area contributed by atoms with Gasteiger partial charge in [-0.15, -0.1) is 0 Å². The molecule has 2 unspecified atom stereocenters. The molecule has 2 N–H and O–H groups in total. The number of hydrogen-bond donors (Lipinski definition) is 1. The third-order valence-electron chi connectivity index (χ3n) is 3.86. The molecule has 0 spiro atoms. The molecule has 1 aliphatic rings. The van der Waals surface area contributed by atoms with Crippen LogP contribution in [0.2, 0.25) is 0 Å². The summed E-state index contributed by atoms with van der Waals surface area (Å²) in [5, 5.41) is 0. The maximum absolute atomic E-state index is 5.96. The van der Waals surface area contributed by atoms with E-state index in [1.807, 2.05) is 19.2 Å². The van der Waals surface area contributed by atoms with Gasteiger partial charge in [0.2, 0.25) is 0 Å². The van der Waals surface area contributed by atoms with Crippen molar-refractivity contribution in [1.29, 1.82) is 0 Å². The number of nitrogens with zero attached hydrogens (tertiary/aromatic N) is 3. The van der Waals surface area contributed by atoms with E-state index in [0.29, 0.717) is 18.0 Å². The molecule has 1 saturated heterocycles. The van der Waals surface area contributed by atoms with Crippen molar-refractivity contribution in [2.45, 2.75) is 45.7 Å². The first-order chi connectivity index (χ1) is 8.63. The van der Waals surface area contributed by atoms with Crippen molar-refractivity contribution < 1.29 is 0 Å². The van der Waals surface area contributed by atoms with Gasteiger partial charge in [0.1, 0.15) is 5.82 Å². The summed E-state index contributed by atoms with van der Waals surface area (Å²) in [6, 6.07) is 2.92. The molecule has 0 radical (unpaired) electrons. The lowest BCUT2D eigenvalue weighted by Crippen LogP contribution is -2.45. The van der Waals surface area contributed by atoms with Crippen LogP contribution < -0.4 is 5.73 Å². The molecular formula is C14H24N4. The summed E-state index contributed by atoms with van der Waals surface area (Å²) in [7, 11) is 0. The summed E-state index contributed by atoms with van der Waals surface area (Å²) < 4.78 is 0. The molecule has 1 fully saturated rings. The van der Waals surface area contributed by atoms with Gasteiger partial charge < -0.3 is 5.73 Å². The number of aryl methyl sites for hydroxylation is 1. The zero-order valence-electron chi connectivity index (χ0n) is 11.6. The quantitative estimate of drug-likeness (QED) is 0.887. The van der Waals surface area contributed by atoms with Crippen LogP contribution in [0.5, 0.6) is 0 Å². The molecule has 0 saturated carbocycles. The van der Waals surface area contributed by atoms with Gasteiger partial charge >= 0.3 is 0 Å². The summed E-state index contributed by atoms with van der Waals surface area (Å²) >= 11 is 0. The lowest BCUT2D eigenvalue weighted by molar-refractivity contribution is 0.0636. The van der Waals surface area contributed by atoms with Crippen LogP contribution in [-0.4, -0.2) is 34.0 Å². The van der Waals surface area contributed by atoms with Gasteiger partial charge in [-0.05, 0) is 58.7 Å². The smallest absolute Gasteiger partial charge is 0.125 e. The molecule has 0 bridgehead atoms. The largest absolute Gasteiger partial charge is 0.330 e. The van der Waals surface area contributed by atoms with Crippen LogP contribution in [-0.2, 0) is 0 Å². The van der Waals surface area contributed by atoms with E-state index in [0.717, 1.165) is 24.6 Å². The average molecular weight is 248 g/mol. The first kappa shape index (κ1) is 13.4. The van der Waals surface area contributed by atoms with Crippen molar-refractivity contribution in [3.63, 3.8) is 0 Å². The molecule has 1 aliphatic heterocycles. The minimum Gasteiger partial charge on any atom is -0.330 e. The minimum absolute atomic E-state index is 0.352. The summed E-state index contributed by atoms with van der Waals surface area (Å²) in [4.78, 5) is 11.3. The number of hydrogen-bond acceptors (Lipinski definition) is 4. The van der Waals surface area contributed by atoms with Gasteiger partial charge in [-0.25, -0.2) is 9.97 Å². The predicted octanol–water partition coefficient (Wildman–Crippen LogP) is 1.91. The molecular weight excluding hydrogens is 224 g/mol. The van der Waals surface area contributed by atoms with Crippen LogP contribution in [0.1, 0.15) is 44.2 Å².